The lowest BCUT2D eigenvalue weighted by Crippen LogP contribution is -2.48. The number of rotatable bonds is 10. The molecular formula is C18H37N3O2. The minimum absolute atomic E-state index is 0.0296. The molecule has 2 amide bonds. The van der Waals surface area contributed by atoms with Crippen LogP contribution < -0.4 is 16.4 Å². The van der Waals surface area contributed by atoms with E-state index in [1.165, 1.54) is 0 Å². The van der Waals surface area contributed by atoms with Crippen molar-refractivity contribution in [2.75, 3.05) is 0 Å². The Bertz CT molecular complexity index is 375. The van der Waals surface area contributed by atoms with Crippen molar-refractivity contribution in [1.29, 1.82) is 0 Å². The molecule has 0 bridgehead atoms. The number of carbonyl (C=O) groups excluding carboxylic acids is 2. The Morgan fingerprint density at radius 1 is 1.17 bits per heavy atom. The van der Waals surface area contributed by atoms with E-state index in [1.807, 2.05) is 13.8 Å². The van der Waals surface area contributed by atoms with Crippen LogP contribution in [0.25, 0.3) is 0 Å². The number of nitrogens with two attached hydrogens (primary N) is 1. The van der Waals surface area contributed by atoms with Crippen LogP contribution in [0.3, 0.4) is 0 Å². The third-order valence-corrected chi connectivity index (χ3v) is 3.93. The van der Waals surface area contributed by atoms with Gasteiger partial charge in [-0.15, -0.1) is 0 Å². The van der Waals surface area contributed by atoms with Gasteiger partial charge in [-0.05, 0) is 44.9 Å². The first-order valence-electron chi connectivity index (χ1n) is 8.67. The fourth-order valence-corrected chi connectivity index (χ4v) is 3.22. The second-order valence-electron chi connectivity index (χ2n) is 8.63. The van der Waals surface area contributed by atoms with Gasteiger partial charge < -0.3 is 16.4 Å². The van der Waals surface area contributed by atoms with Gasteiger partial charge in [0.05, 0.1) is 0 Å². The molecule has 4 N–H and O–H groups in total. The van der Waals surface area contributed by atoms with Crippen molar-refractivity contribution in [1.82, 2.24) is 10.6 Å². The van der Waals surface area contributed by atoms with Crippen LogP contribution in [-0.4, -0.2) is 29.9 Å². The van der Waals surface area contributed by atoms with Crippen LogP contribution in [0.1, 0.15) is 74.1 Å². The summed E-state index contributed by atoms with van der Waals surface area (Å²) in [5.74, 6) is -0.141. The molecule has 5 heteroatoms. The maximum absolute atomic E-state index is 12.5. The van der Waals surface area contributed by atoms with E-state index in [4.69, 9.17) is 5.73 Å². The maximum atomic E-state index is 12.5. The maximum Gasteiger partial charge on any atom is 0.223 e. The molecule has 0 saturated heterocycles. The smallest absolute Gasteiger partial charge is 0.223 e. The van der Waals surface area contributed by atoms with E-state index in [2.05, 4.69) is 45.3 Å². The summed E-state index contributed by atoms with van der Waals surface area (Å²) in [5, 5.41) is 5.94. The highest BCUT2D eigenvalue weighted by molar-refractivity contribution is 5.79. The van der Waals surface area contributed by atoms with E-state index >= 15 is 0 Å². The standard InChI is InChI=1S/C18H37N3O2/c1-8-14(19)10-15(20-12-22)9-13(2)16(23)21-18(6,7)11-17(3,4)5/h12-15H,8-11,19H2,1-7H3,(H,20,22)(H,21,23). The van der Waals surface area contributed by atoms with E-state index in [0.29, 0.717) is 19.3 Å². The zero-order valence-electron chi connectivity index (χ0n) is 16.0. The Labute approximate surface area is 142 Å². The van der Waals surface area contributed by atoms with Gasteiger partial charge in [0.15, 0.2) is 0 Å². The minimum atomic E-state index is -0.253. The Balaban J connectivity index is 4.64. The van der Waals surface area contributed by atoms with Crippen molar-refractivity contribution in [3.8, 4) is 0 Å². The first-order chi connectivity index (χ1) is 10.4. The summed E-state index contributed by atoms with van der Waals surface area (Å²) < 4.78 is 0. The molecule has 0 radical (unpaired) electrons. The van der Waals surface area contributed by atoms with Crippen molar-refractivity contribution in [3.63, 3.8) is 0 Å². The number of amides is 2. The van der Waals surface area contributed by atoms with Crippen molar-refractivity contribution in [2.24, 2.45) is 17.1 Å². The number of hydrogen-bond donors (Lipinski definition) is 3. The van der Waals surface area contributed by atoms with Crippen LogP contribution in [0.4, 0.5) is 0 Å². The van der Waals surface area contributed by atoms with Gasteiger partial charge in [-0.3, -0.25) is 9.59 Å². The minimum Gasteiger partial charge on any atom is -0.356 e. The normalized spacial score (nSPS) is 16.3. The number of carbonyl (C=O) groups is 2. The molecule has 5 nitrogen and oxygen atoms in total. The molecule has 0 aromatic carbocycles. The van der Waals surface area contributed by atoms with Gasteiger partial charge in [0.25, 0.3) is 0 Å². The average molecular weight is 328 g/mol. The topological polar surface area (TPSA) is 84.2 Å². The summed E-state index contributed by atoms with van der Waals surface area (Å²) >= 11 is 0. The Morgan fingerprint density at radius 3 is 2.17 bits per heavy atom. The van der Waals surface area contributed by atoms with E-state index in [1.54, 1.807) is 0 Å². The van der Waals surface area contributed by atoms with Crippen molar-refractivity contribution in [3.05, 3.63) is 0 Å². The molecule has 0 rings (SSSR count). The molecule has 0 spiro atoms. The van der Waals surface area contributed by atoms with Crippen LogP contribution in [-0.2, 0) is 9.59 Å². The Kier molecular flexibility index (Phi) is 8.82. The van der Waals surface area contributed by atoms with Crippen molar-refractivity contribution in [2.45, 2.75) is 91.8 Å². The summed E-state index contributed by atoms with van der Waals surface area (Å²) in [5.41, 5.74) is 5.87. The molecule has 3 atom stereocenters. The number of nitrogens with one attached hydrogen (secondary N) is 2. The molecule has 0 heterocycles. The van der Waals surface area contributed by atoms with Crippen LogP contribution >= 0.6 is 0 Å². The lowest BCUT2D eigenvalue weighted by atomic mass is 9.81. The van der Waals surface area contributed by atoms with E-state index < -0.39 is 0 Å². The highest BCUT2D eigenvalue weighted by Crippen LogP contribution is 2.27. The summed E-state index contributed by atoms with van der Waals surface area (Å²) in [6, 6.07) is -0.0195. The molecule has 136 valence electrons. The lowest BCUT2D eigenvalue weighted by Gasteiger charge is -2.34. The zero-order chi connectivity index (χ0) is 18.3. The van der Waals surface area contributed by atoms with Gasteiger partial charge in [-0.25, -0.2) is 0 Å². The fraction of sp³-hybridized carbons (Fsp3) is 0.889. The summed E-state index contributed by atoms with van der Waals surface area (Å²) in [6.45, 7) is 14.5. The second-order valence-corrected chi connectivity index (χ2v) is 8.63. The van der Waals surface area contributed by atoms with E-state index in [0.717, 1.165) is 12.8 Å². The molecule has 0 aromatic rings. The molecule has 0 aliphatic heterocycles. The molecule has 0 aliphatic carbocycles. The monoisotopic (exact) mass is 327 g/mol. The fourth-order valence-electron chi connectivity index (χ4n) is 3.22. The van der Waals surface area contributed by atoms with Crippen LogP contribution in [0, 0.1) is 11.3 Å². The van der Waals surface area contributed by atoms with E-state index in [-0.39, 0.29) is 34.9 Å². The third kappa shape index (κ3) is 10.3. The van der Waals surface area contributed by atoms with Gasteiger partial charge in [0.1, 0.15) is 0 Å². The molecule has 0 fully saturated rings. The molecule has 0 aromatic heterocycles. The second kappa shape index (κ2) is 9.26. The Hall–Kier alpha value is -1.10. The lowest BCUT2D eigenvalue weighted by molar-refractivity contribution is -0.127. The molecule has 0 saturated carbocycles. The van der Waals surface area contributed by atoms with Crippen molar-refractivity contribution < 1.29 is 9.59 Å². The highest BCUT2D eigenvalue weighted by atomic mass is 16.2. The summed E-state index contributed by atoms with van der Waals surface area (Å²) in [7, 11) is 0. The molecule has 23 heavy (non-hydrogen) atoms. The SMILES string of the molecule is CCC(N)CC(CC(C)C(=O)NC(C)(C)CC(C)(C)C)NC=O. The molecule has 3 unspecified atom stereocenters. The van der Waals surface area contributed by atoms with Gasteiger partial charge in [-0.1, -0.05) is 34.6 Å². The molecule has 0 aliphatic rings. The third-order valence-electron chi connectivity index (χ3n) is 3.93. The van der Waals surface area contributed by atoms with Gasteiger partial charge in [0, 0.05) is 23.5 Å². The predicted octanol–water partition coefficient (Wildman–Crippen LogP) is 2.59. The van der Waals surface area contributed by atoms with Gasteiger partial charge >= 0.3 is 0 Å². The highest BCUT2D eigenvalue weighted by Gasteiger charge is 2.29. The van der Waals surface area contributed by atoms with E-state index in [9.17, 15) is 9.59 Å². The first-order valence-corrected chi connectivity index (χ1v) is 8.67. The van der Waals surface area contributed by atoms with Crippen LogP contribution in [0.5, 0.6) is 0 Å². The van der Waals surface area contributed by atoms with Gasteiger partial charge in [-0.2, -0.15) is 0 Å². The van der Waals surface area contributed by atoms with Crippen LogP contribution in [0.15, 0.2) is 0 Å². The predicted molar refractivity (Wildman–Crippen MR) is 95.9 cm³/mol. The Morgan fingerprint density at radius 2 is 1.74 bits per heavy atom. The van der Waals surface area contributed by atoms with Gasteiger partial charge in [0.2, 0.25) is 12.3 Å². The largest absolute Gasteiger partial charge is 0.356 e. The number of hydrogen-bond acceptors (Lipinski definition) is 3. The summed E-state index contributed by atoms with van der Waals surface area (Å²) in [6.07, 6.45) is 3.74. The van der Waals surface area contributed by atoms with Crippen molar-refractivity contribution >= 4 is 12.3 Å². The summed E-state index contributed by atoms with van der Waals surface area (Å²) in [4.78, 5) is 23.3. The zero-order valence-corrected chi connectivity index (χ0v) is 16.0. The average Bonchev–Trinajstić information content (AvgIpc) is 2.34. The first kappa shape index (κ1) is 21.9. The quantitative estimate of drug-likeness (QED) is 0.539. The molecular weight excluding hydrogens is 290 g/mol. The van der Waals surface area contributed by atoms with Crippen LogP contribution in [0.2, 0.25) is 0 Å².